The molecule has 1 atom stereocenters. The lowest BCUT2D eigenvalue weighted by Gasteiger charge is -2.10. The van der Waals surface area contributed by atoms with Crippen LogP contribution in [0.2, 0.25) is 0 Å². The Kier molecular flexibility index (Phi) is 9.52. The molecule has 0 spiro atoms. The summed E-state index contributed by atoms with van der Waals surface area (Å²) in [5, 5.41) is 3.04. The van der Waals surface area contributed by atoms with Crippen molar-refractivity contribution in [3.05, 3.63) is 0 Å². The first-order valence-corrected chi connectivity index (χ1v) is 5.56. The van der Waals surface area contributed by atoms with Gasteiger partial charge in [-0.25, -0.2) is 0 Å². The third kappa shape index (κ3) is 9.69. The van der Waals surface area contributed by atoms with Gasteiger partial charge >= 0.3 is 5.97 Å². The van der Waals surface area contributed by atoms with Crippen LogP contribution in [-0.2, 0) is 14.3 Å². The number of hydrogen-bond donors (Lipinski definition) is 1. The standard InChI is InChI=1S/C11H23NO3/c1-4-5-6-15-11(13)8-12-7-10(2)9-14-3/h10,12H,4-9H2,1-3H3. The maximum atomic E-state index is 11.1. The number of hydrogen-bond acceptors (Lipinski definition) is 4. The third-order valence-electron chi connectivity index (χ3n) is 1.97. The summed E-state index contributed by atoms with van der Waals surface area (Å²) >= 11 is 0. The zero-order chi connectivity index (χ0) is 11.5. The maximum absolute atomic E-state index is 11.1. The molecule has 0 bridgehead atoms. The fourth-order valence-corrected chi connectivity index (χ4v) is 1.15. The lowest BCUT2D eigenvalue weighted by molar-refractivity contribution is -0.142. The van der Waals surface area contributed by atoms with Crippen LogP contribution in [0.3, 0.4) is 0 Å². The highest BCUT2D eigenvalue weighted by molar-refractivity contribution is 5.71. The van der Waals surface area contributed by atoms with Crippen molar-refractivity contribution in [3.8, 4) is 0 Å². The highest BCUT2D eigenvalue weighted by Gasteiger charge is 2.04. The van der Waals surface area contributed by atoms with Crippen LogP contribution in [0.4, 0.5) is 0 Å². The molecule has 1 N–H and O–H groups in total. The van der Waals surface area contributed by atoms with Gasteiger partial charge in [-0.15, -0.1) is 0 Å². The first-order chi connectivity index (χ1) is 7.20. The van der Waals surface area contributed by atoms with Gasteiger partial charge < -0.3 is 14.8 Å². The van der Waals surface area contributed by atoms with E-state index in [0.717, 1.165) is 19.4 Å². The molecular formula is C11H23NO3. The Morgan fingerprint density at radius 3 is 2.80 bits per heavy atom. The molecule has 0 aromatic heterocycles. The molecule has 0 aliphatic rings. The number of carbonyl (C=O) groups is 1. The molecule has 1 unspecified atom stereocenters. The van der Waals surface area contributed by atoms with Gasteiger partial charge in [0.25, 0.3) is 0 Å². The summed E-state index contributed by atoms with van der Waals surface area (Å²) in [6.07, 6.45) is 1.98. The van der Waals surface area contributed by atoms with Crippen LogP contribution in [-0.4, -0.2) is 39.4 Å². The molecule has 4 nitrogen and oxygen atoms in total. The van der Waals surface area contributed by atoms with Gasteiger partial charge in [-0.1, -0.05) is 20.3 Å². The van der Waals surface area contributed by atoms with E-state index in [1.165, 1.54) is 0 Å². The highest BCUT2D eigenvalue weighted by atomic mass is 16.5. The van der Waals surface area contributed by atoms with Crippen molar-refractivity contribution in [2.75, 3.05) is 33.4 Å². The molecular weight excluding hydrogens is 194 g/mol. The Hall–Kier alpha value is -0.610. The van der Waals surface area contributed by atoms with Crippen molar-refractivity contribution in [1.29, 1.82) is 0 Å². The van der Waals surface area contributed by atoms with Gasteiger partial charge in [0.2, 0.25) is 0 Å². The largest absolute Gasteiger partial charge is 0.465 e. The minimum Gasteiger partial charge on any atom is -0.465 e. The second kappa shape index (κ2) is 9.93. The van der Waals surface area contributed by atoms with E-state index in [-0.39, 0.29) is 12.5 Å². The molecule has 15 heavy (non-hydrogen) atoms. The Bertz CT molecular complexity index is 162. The first-order valence-electron chi connectivity index (χ1n) is 5.56. The number of carbonyl (C=O) groups excluding carboxylic acids is 1. The van der Waals surface area contributed by atoms with Crippen LogP contribution in [0.1, 0.15) is 26.7 Å². The van der Waals surface area contributed by atoms with E-state index >= 15 is 0 Å². The normalized spacial score (nSPS) is 12.5. The Morgan fingerprint density at radius 2 is 2.20 bits per heavy atom. The average molecular weight is 217 g/mol. The third-order valence-corrected chi connectivity index (χ3v) is 1.97. The Balaban J connectivity index is 3.30. The molecule has 0 amide bonds. The zero-order valence-corrected chi connectivity index (χ0v) is 10.0. The van der Waals surface area contributed by atoms with Gasteiger partial charge in [-0.2, -0.15) is 0 Å². The summed E-state index contributed by atoms with van der Waals surface area (Å²) in [7, 11) is 1.68. The van der Waals surface area contributed by atoms with Crippen molar-refractivity contribution in [3.63, 3.8) is 0 Å². The molecule has 0 fully saturated rings. The van der Waals surface area contributed by atoms with E-state index in [1.54, 1.807) is 7.11 Å². The second-order valence-corrected chi connectivity index (χ2v) is 3.77. The first kappa shape index (κ1) is 14.4. The van der Waals surface area contributed by atoms with Gasteiger partial charge in [0.05, 0.1) is 13.2 Å². The molecule has 0 saturated heterocycles. The Morgan fingerprint density at radius 1 is 1.47 bits per heavy atom. The van der Waals surface area contributed by atoms with Crippen LogP contribution < -0.4 is 5.32 Å². The van der Waals surface area contributed by atoms with Crippen molar-refractivity contribution in [1.82, 2.24) is 5.32 Å². The number of rotatable bonds is 9. The van der Waals surface area contributed by atoms with Crippen molar-refractivity contribution in [2.24, 2.45) is 5.92 Å². The van der Waals surface area contributed by atoms with Crippen LogP contribution in [0.25, 0.3) is 0 Å². The van der Waals surface area contributed by atoms with Crippen molar-refractivity contribution < 1.29 is 14.3 Å². The lowest BCUT2D eigenvalue weighted by atomic mass is 10.2. The monoisotopic (exact) mass is 217 g/mol. The number of methoxy groups -OCH3 is 1. The highest BCUT2D eigenvalue weighted by Crippen LogP contribution is 1.92. The summed E-state index contributed by atoms with van der Waals surface area (Å²) in [6.45, 7) is 6.44. The van der Waals surface area contributed by atoms with E-state index in [2.05, 4.69) is 19.2 Å². The zero-order valence-electron chi connectivity index (χ0n) is 10.0. The lowest BCUT2D eigenvalue weighted by Crippen LogP contribution is -2.30. The summed E-state index contributed by atoms with van der Waals surface area (Å²) in [6, 6.07) is 0. The molecule has 0 radical (unpaired) electrons. The van der Waals surface area contributed by atoms with Gasteiger partial charge in [0, 0.05) is 20.3 Å². The molecule has 0 aliphatic carbocycles. The van der Waals surface area contributed by atoms with E-state index in [0.29, 0.717) is 19.1 Å². The number of esters is 1. The van der Waals surface area contributed by atoms with Crippen LogP contribution in [0, 0.1) is 5.92 Å². The molecule has 0 aliphatic heterocycles. The number of unbranched alkanes of at least 4 members (excludes halogenated alkanes) is 1. The second-order valence-electron chi connectivity index (χ2n) is 3.77. The van der Waals surface area contributed by atoms with Crippen LogP contribution in [0.5, 0.6) is 0 Å². The van der Waals surface area contributed by atoms with Crippen molar-refractivity contribution >= 4 is 5.97 Å². The molecule has 90 valence electrons. The summed E-state index contributed by atoms with van der Waals surface area (Å²) in [4.78, 5) is 11.1. The molecule has 0 rings (SSSR count). The summed E-state index contributed by atoms with van der Waals surface area (Å²) < 4.78 is 9.98. The predicted octanol–water partition coefficient (Wildman–Crippen LogP) is 1.20. The quantitative estimate of drug-likeness (QED) is 0.466. The molecule has 0 aromatic rings. The van der Waals surface area contributed by atoms with Crippen molar-refractivity contribution in [2.45, 2.75) is 26.7 Å². The fourth-order valence-electron chi connectivity index (χ4n) is 1.15. The maximum Gasteiger partial charge on any atom is 0.319 e. The summed E-state index contributed by atoms with van der Waals surface area (Å²) in [5.74, 6) is 0.242. The summed E-state index contributed by atoms with van der Waals surface area (Å²) in [5.41, 5.74) is 0. The van der Waals surface area contributed by atoms with E-state index < -0.39 is 0 Å². The van der Waals surface area contributed by atoms with E-state index in [4.69, 9.17) is 9.47 Å². The van der Waals surface area contributed by atoms with Gasteiger partial charge in [0.15, 0.2) is 0 Å². The van der Waals surface area contributed by atoms with E-state index in [9.17, 15) is 4.79 Å². The van der Waals surface area contributed by atoms with Gasteiger partial charge in [-0.05, 0) is 12.3 Å². The van der Waals surface area contributed by atoms with Gasteiger partial charge in [0.1, 0.15) is 0 Å². The van der Waals surface area contributed by atoms with Crippen LogP contribution >= 0.6 is 0 Å². The fraction of sp³-hybridized carbons (Fsp3) is 0.909. The number of ether oxygens (including phenoxy) is 2. The Labute approximate surface area is 92.3 Å². The molecule has 0 saturated carbocycles. The van der Waals surface area contributed by atoms with Crippen LogP contribution in [0.15, 0.2) is 0 Å². The smallest absolute Gasteiger partial charge is 0.319 e. The minimum atomic E-state index is -0.173. The molecule has 4 heteroatoms. The topological polar surface area (TPSA) is 47.6 Å². The number of nitrogens with one attached hydrogen (secondary N) is 1. The predicted molar refractivity (Wildman–Crippen MR) is 59.8 cm³/mol. The average Bonchev–Trinajstić information content (AvgIpc) is 2.18. The molecule has 0 aromatic carbocycles. The van der Waals surface area contributed by atoms with Gasteiger partial charge in [-0.3, -0.25) is 4.79 Å². The van der Waals surface area contributed by atoms with E-state index in [1.807, 2.05) is 0 Å². The molecule has 0 heterocycles. The SMILES string of the molecule is CCCCOC(=O)CNCC(C)COC. The minimum absolute atomic E-state index is 0.173.